The summed E-state index contributed by atoms with van der Waals surface area (Å²) in [6.07, 6.45) is 1.17. The molecule has 0 aromatic heterocycles. The molecule has 0 aliphatic carbocycles. The average Bonchev–Trinajstić information content (AvgIpc) is 2.67. The molecule has 94 valence electrons. The van der Waals surface area contributed by atoms with Crippen LogP contribution in [0.3, 0.4) is 0 Å². The van der Waals surface area contributed by atoms with E-state index in [4.69, 9.17) is 9.47 Å². The molecule has 4 nitrogen and oxygen atoms in total. The Hall–Kier alpha value is -0.260. The molecule has 1 fully saturated rings. The van der Waals surface area contributed by atoms with Gasteiger partial charge < -0.3 is 14.8 Å². The van der Waals surface area contributed by atoms with Gasteiger partial charge in [0.05, 0.1) is 19.3 Å². The molecule has 0 saturated carbocycles. The van der Waals surface area contributed by atoms with Crippen LogP contribution >= 0.6 is 11.8 Å². The van der Waals surface area contributed by atoms with E-state index in [2.05, 4.69) is 24.2 Å². The lowest BCUT2D eigenvalue weighted by molar-refractivity contribution is 0.0344. The summed E-state index contributed by atoms with van der Waals surface area (Å²) in [5, 5.41) is 4.49. The maximum atomic E-state index is 5.26. The minimum atomic E-state index is 0.0494. The number of amidine groups is 1. The van der Waals surface area contributed by atoms with Gasteiger partial charge in [-0.15, -0.1) is 0 Å². The zero-order valence-electron chi connectivity index (χ0n) is 10.6. The van der Waals surface area contributed by atoms with E-state index in [0.29, 0.717) is 13.2 Å². The van der Waals surface area contributed by atoms with Crippen LogP contribution in [0.4, 0.5) is 0 Å². The summed E-state index contributed by atoms with van der Waals surface area (Å²) >= 11 is 1.79. The van der Waals surface area contributed by atoms with Crippen molar-refractivity contribution in [1.29, 1.82) is 0 Å². The van der Waals surface area contributed by atoms with Crippen molar-refractivity contribution in [1.82, 2.24) is 5.32 Å². The van der Waals surface area contributed by atoms with Crippen LogP contribution in [-0.4, -0.2) is 49.9 Å². The average molecular weight is 246 g/mol. The van der Waals surface area contributed by atoms with Crippen molar-refractivity contribution in [2.45, 2.75) is 31.9 Å². The van der Waals surface area contributed by atoms with E-state index in [1.165, 1.54) is 0 Å². The molecule has 2 unspecified atom stereocenters. The molecule has 5 heteroatoms. The molecular weight excluding hydrogens is 224 g/mol. The topological polar surface area (TPSA) is 42.9 Å². The highest BCUT2D eigenvalue weighted by Crippen LogP contribution is 2.25. The fourth-order valence-electron chi connectivity index (χ4n) is 1.40. The fraction of sp³-hybridized carbons (Fsp3) is 0.909. The van der Waals surface area contributed by atoms with E-state index in [0.717, 1.165) is 17.3 Å². The van der Waals surface area contributed by atoms with Gasteiger partial charge in [-0.05, 0) is 13.3 Å². The van der Waals surface area contributed by atoms with Gasteiger partial charge in [0.25, 0.3) is 0 Å². The van der Waals surface area contributed by atoms with Crippen LogP contribution in [0.15, 0.2) is 4.99 Å². The standard InChI is InChI=1S/C11H22N2O2S/c1-5-11(2)8-16-10(13-11)12-6-9(15-4)7-14-3/h9H,5-8H2,1-4H3,(H,12,13). The van der Waals surface area contributed by atoms with Gasteiger partial charge in [-0.3, -0.25) is 4.99 Å². The van der Waals surface area contributed by atoms with E-state index in [1.54, 1.807) is 26.0 Å². The summed E-state index contributed by atoms with van der Waals surface area (Å²) in [4.78, 5) is 4.52. The van der Waals surface area contributed by atoms with E-state index in [-0.39, 0.29) is 11.6 Å². The van der Waals surface area contributed by atoms with E-state index in [1.807, 2.05) is 0 Å². The van der Waals surface area contributed by atoms with Crippen molar-refractivity contribution >= 4 is 16.9 Å². The van der Waals surface area contributed by atoms with Gasteiger partial charge in [0.1, 0.15) is 0 Å². The summed E-state index contributed by atoms with van der Waals surface area (Å²) in [6.45, 7) is 5.66. The van der Waals surface area contributed by atoms with Gasteiger partial charge >= 0.3 is 0 Å². The first-order valence-electron chi connectivity index (χ1n) is 5.60. The lowest BCUT2D eigenvalue weighted by atomic mass is 10.0. The first-order valence-corrected chi connectivity index (χ1v) is 6.59. The van der Waals surface area contributed by atoms with Crippen molar-refractivity contribution in [2.24, 2.45) is 4.99 Å². The smallest absolute Gasteiger partial charge is 0.157 e. The second-order valence-corrected chi connectivity index (χ2v) is 5.25. The lowest BCUT2D eigenvalue weighted by Crippen LogP contribution is -2.40. The van der Waals surface area contributed by atoms with Crippen LogP contribution in [0.1, 0.15) is 20.3 Å². The maximum absolute atomic E-state index is 5.26. The molecule has 0 aromatic carbocycles. The molecule has 0 radical (unpaired) electrons. The molecule has 1 N–H and O–H groups in total. The monoisotopic (exact) mass is 246 g/mol. The Bertz CT molecular complexity index is 248. The molecule has 16 heavy (non-hydrogen) atoms. The highest BCUT2D eigenvalue weighted by atomic mass is 32.2. The molecule has 1 aliphatic rings. The summed E-state index contributed by atoms with van der Waals surface area (Å²) in [6, 6.07) is 0. The second kappa shape index (κ2) is 6.47. The summed E-state index contributed by atoms with van der Waals surface area (Å²) in [5.74, 6) is 1.09. The van der Waals surface area contributed by atoms with Crippen LogP contribution in [-0.2, 0) is 9.47 Å². The van der Waals surface area contributed by atoms with Crippen LogP contribution < -0.4 is 5.32 Å². The van der Waals surface area contributed by atoms with Crippen molar-refractivity contribution < 1.29 is 9.47 Å². The number of hydrogen-bond acceptors (Lipinski definition) is 4. The van der Waals surface area contributed by atoms with Crippen LogP contribution in [0.5, 0.6) is 0 Å². The first-order chi connectivity index (χ1) is 7.63. The summed E-state index contributed by atoms with van der Waals surface area (Å²) < 4.78 is 10.3. The van der Waals surface area contributed by atoms with Crippen LogP contribution in [0, 0.1) is 0 Å². The van der Waals surface area contributed by atoms with E-state index in [9.17, 15) is 0 Å². The summed E-state index contributed by atoms with van der Waals surface area (Å²) in [5.41, 5.74) is 0.202. The van der Waals surface area contributed by atoms with Gasteiger partial charge in [-0.25, -0.2) is 0 Å². The highest BCUT2D eigenvalue weighted by molar-refractivity contribution is 8.14. The minimum absolute atomic E-state index is 0.0494. The van der Waals surface area contributed by atoms with E-state index < -0.39 is 0 Å². The van der Waals surface area contributed by atoms with Crippen molar-refractivity contribution in [3.8, 4) is 0 Å². The van der Waals surface area contributed by atoms with Gasteiger partial charge in [0.2, 0.25) is 0 Å². The molecule has 0 amide bonds. The van der Waals surface area contributed by atoms with Gasteiger partial charge in [-0.1, -0.05) is 18.7 Å². The quantitative estimate of drug-likeness (QED) is 0.771. The number of aliphatic imine (C=N–C) groups is 1. The molecular formula is C11H22N2O2S. The molecule has 2 atom stereocenters. The Morgan fingerprint density at radius 2 is 2.31 bits per heavy atom. The molecule has 0 spiro atoms. The number of ether oxygens (including phenoxy) is 2. The predicted octanol–water partition coefficient (Wildman–Crippen LogP) is 1.51. The van der Waals surface area contributed by atoms with Gasteiger partial charge in [-0.2, -0.15) is 0 Å². The third-order valence-electron chi connectivity index (χ3n) is 2.84. The third kappa shape index (κ3) is 3.96. The van der Waals surface area contributed by atoms with Gasteiger partial charge in [0, 0.05) is 25.5 Å². The molecule has 1 saturated heterocycles. The van der Waals surface area contributed by atoms with Gasteiger partial charge in [0.15, 0.2) is 5.17 Å². The third-order valence-corrected chi connectivity index (χ3v) is 4.13. The zero-order valence-corrected chi connectivity index (χ0v) is 11.4. The SMILES string of the molecule is CCC1(C)CSC(=NCC(COC)OC)N1. The number of hydrogen-bond donors (Lipinski definition) is 1. The maximum Gasteiger partial charge on any atom is 0.157 e. The lowest BCUT2D eigenvalue weighted by Gasteiger charge is -2.21. The normalized spacial score (nSPS) is 29.4. The molecule has 1 rings (SSSR count). The Morgan fingerprint density at radius 1 is 1.56 bits per heavy atom. The highest BCUT2D eigenvalue weighted by Gasteiger charge is 2.30. The van der Waals surface area contributed by atoms with Crippen LogP contribution in [0.25, 0.3) is 0 Å². The number of nitrogens with zero attached hydrogens (tertiary/aromatic N) is 1. The number of thioether (sulfide) groups is 1. The van der Waals surface area contributed by atoms with Crippen molar-refractivity contribution in [3.63, 3.8) is 0 Å². The Balaban J connectivity index is 2.41. The van der Waals surface area contributed by atoms with Crippen molar-refractivity contribution in [2.75, 3.05) is 33.1 Å². The number of rotatable bonds is 6. The predicted molar refractivity (Wildman–Crippen MR) is 69.3 cm³/mol. The first kappa shape index (κ1) is 13.8. The van der Waals surface area contributed by atoms with Crippen LogP contribution in [0.2, 0.25) is 0 Å². The Morgan fingerprint density at radius 3 is 2.81 bits per heavy atom. The summed E-state index contributed by atoms with van der Waals surface area (Å²) in [7, 11) is 3.37. The number of nitrogens with one attached hydrogen (secondary N) is 1. The Labute approximate surface area is 102 Å². The number of methoxy groups -OCH3 is 2. The van der Waals surface area contributed by atoms with E-state index >= 15 is 0 Å². The Kier molecular flexibility index (Phi) is 5.58. The molecule has 1 heterocycles. The second-order valence-electron chi connectivity index (χ2n) is 4.29. The molecule has 1 aliphatic heterocycles. The molecule has 0 aromatic rings. The molecule has 0 bridgehead atoms. The zero-order chi connectivity index (χ0) is 12.0. The largest absolute Gasteiger partial charge is 0.382 e. The fourth-order valence-corrected chi connectivity index (χ4v) is 2.62. The minimum Gasteiger partial charge on any atom is -0.382 e. The van der Waals surface area contributed by atoms with Crippen molar-refractivity contribution in [3.05, 3.63) is 0 Å².